The van der Waals surface area contributed by atoms with Crippen LogP contribution in [0.4, 0.5) is 0 Å². The van der Waals surface area contributed by atoms with Gasteiger partial charge in [-0.1, -0.05) is 36.7 Å². The van der Waals surface area contributed by atoms with Crippen molar-refractivity contribution in [2.45, 2.75) is 25.8 Å². The van der Waals surface area contributed by atoms with Crippen molar-refractivity contribution in [3.05, 3.63) is 46.3 Å². The van der Waals surface area contributed by atoms with Crippen LogP contribution < -0.4 is 5.32 Å². The van der Waals surface area contributed by atoms with Gasteiger partial charge in [-0.25, -0.2) is 0 Å². The van der Waals surface area contributed by atoms with E-state index in [9.17, 15) is 0 Å². The molecular formula is C16H18ClNS. The third-order valence-electron chi connectivity index (χ3n) is 3.59. The Labute approximate surface area is 123 Å². The molecule has 1 heterocycles. The van der Waals surface area contributed by atoms with Crippen molar-refractivity contribution in [2.24, 2.45) is 5.92 Å². The molecule has 0 saturated heterocycles. The highest BCUT2D eigenvalue weighted by atomic mass is 35.5. The summed E-state index contributed by atoms with van der Waals surface area (Å²) in [7, 11) is 0. The molecule has 1 unspecified atom stereocenters. The Balaban J connectivity index is 1.88. The number of hydrogen-bond donors (Lipinski definition) is 1. The molecular weight excluding hydrogens is 274 g/mol. The molecule has 1 fully saturated rings. The van der Waals surface area contributed by atoms with E-state index < -0.39 is 0 Å². The van der Waals surface area contributed by atoms with Gasteiger partial charge >= 0.3 is 0 Å². The molecule has 1 aliphatic carbocycles. The Kier molecular flexibility index (Phi) is 3.92. The first kappa shape index (κ1) is 13.2. The minimum atomic E-state index is 0.534. The van der Waals surface area contributed by atoms with Gasteiger partial charge in [0.15, 0.2) is 0 Å². The van der Waals surface area contributed by atoms with Crippen LogP contribution in [0, 0.1) is 5.92 Å². The van der Waals surface area contributed by atoms with Crippen molar-refractivity contribution in [2.75, 3.05) is 6.54 Å². The van der Waals surface area contributed by atoms with E-state index in [4.69, 9.17) is 11.6 Å². The van der Waals surface area contributed by atoms with Gasteiger partial charge < -0.3 is 5.32 Å². The smallest absolute Gasteiger partial charge is 0.0492 e. The molecule has 0 aliphatic heterocycles. The fraction of sp³-hybridized carbons (Fsp3) is 0.375. The van der Waals surface area contributed by atoms with Crippen LogP contribution in [0.5, 0.6) is 0 Å². The Morgan fingerprint density at radius 3 is 2.74 bits per heavy atom. The number of rotatable bonds is 5. The molecule has 1 atom stereocenters. The molecule has 1 aromatic heterocycles. The van der Waals surface area contributed by atoms with Gasteiger partial charge in [0.25, 0.3) is 0 Å². The molecule has 1 aliphatic rings. The number of nitrogens with one attached hydrogen (secondary N) is 1. The van der Waals surface area contributed by atoms with Gasteiger partial charge in [0, 0.05) is 26.4 Å². The summed E-state index contributed by atoms with van der Waals surface area (Å²) in [5, 5.41) is 4.45. The SMILES string of the molecule is CCNC(c1ccc(-c2ccccc2Cl)s1)C1CC1. The van der Waals surface area contributed by atoms with E-state index in [1.807, 2.05) is 29.5 Å². The van der Waals surface area contributed by atoms with Crippen molar-refractivity contribution in [3.8, 4) is 10.4 Å². The van der Waals surface area contributed by atoms with Crippen LogP contribution in [-0.4, -0.2) is 6.54 Å². The van der Waals surface area contributed by atoms with E-state index in [-0.39, 0.29) is 0 Å². The molecule has 1 saturated carbocycles. The van der Waals surface area contributed by atoms with Crippen LogP contribution in [0.15, 0.2) is 36.4 Å². The summed E-state index contributed by atoms with van der Waals surface area (Å²) < 4.78 is 0. The van der Waals surface area contributed by atoms with Crippen molar-refractivity contribution in [1.29, 1.82) is 0 Å². The summed E-state index contributed by atoms with van der Waals surface area (Å²) >= 11 is 8.14. The largest absolute Gasteiger partial charge is 0.309 e. The summed E-state index contributed by atoms with van der Waals surface area (Å²) in [6.07, 6.45) is 2.72. The third kappa shape index (κ3) is 2.86. The number of halogens is 1. The maximum atomic E-state index is 6.27. The molecule has 100 valence electrons. The molecule has 3 rings (SSSR count). The highest BCUT2D eigenvalue weighted by Crippen LogP contribution is 2.44. The molecule has 0 amide bonds. The van der Waals surface area contributed by atoms with Gasteiger partial charge in [-0.2, -0.15) is 0 Å². The lowest BCUT2D eigenvalue weighted by atomic mass is 10.1. The van der Waals surface area contributed by atoms with E-state index >= 15 is 0 Å². The van der Waals surface area contributed by atoms with Gasteiger partial charge in [0.1, 0.15) is 0 Å². The van der Waals surface area contributed by atoms with Crippen LogP contribution in [0.2, 0.25) is 5.02 Å². The van der Waals surface area contributed by atoms with Crippen molar-refractivity contribution in [3.63, 3.8) is 0 Å². The van der Waals surface area contributed by atoms with E-state index in [0.717, 1.165) is 23.0 Å². The zero-order chi connectivity index (χ0) is 13.2. The average molecular weight is 292 g/mol. The Hall–Kier alpha value is -0.830. The lowest BCUT2D eigenvalue weighted by Gasteiger charge is -2.15. The highest BCUT2D eigenvalue weighted by molar-refractivity contribution is 7.15. The van der Waals surface area contributed by atoms with Gasteiger partial charge in [-0.3, -0.25) is 0 Å². The Morgan fingerprint density at radius 2 is 2.05 bits per heavy atom. The summed E-state index contributed by atoms with van der Waals surface area (Å²) in [6.45, 7) is 3.21. The second-order valence-electron chi connectivity index (χ2n) is 5.05. The first-order valence-corrected chi connectivity index (χ1v) is 8.07. The van der Waals surface area contributed by atoms with Crippen LogP contribution in [0.1, 0.15) is 30.7 Å². The lowest BCUT2D eigenvalue weighted by Crippen LogP contribution is -2.21. The third-order valence-corrected chi connectivity index (χ3v) is 5.12. The fourth-order valence-electron chi connectivity index (χ4n) is 2.47. The molecule has 2 aromatic rings. The van der Waals surface area contributed by atoms with Gasteiger partial charge in [0.05, 0.1) is 0 Å². The average Bonchev–Trinajstić information content (AvgIpc) is 3.14. The predicted octanol–water partition coefficient (Wildman–Crippen LogP) is 5.13. The van der Waals surface area contributed by atoms with Gasteiger partial charge in [-0.15, -0.1) is 11.3 Å². The van der Waals surface area contributed by atoms with Crippen molar-refractivity contribution < 1.29 is 0 Å². The maximum Gasteiger partial charge on any atom is 0.0492 e. The van der Waals surface area contributed by atoms with Crippen LogP contribution in [0.3, 0.4) is 0 Å². The van der Waals surface area contributed by atoms with Crippen molar-refractivity contribution in [1.82, 2.24) is 5.32 Å². The van der Waals surface area contributed by atoms with E-state index in [1.165, 1.54) is 22.6 Å². The molecule has 0 bridgehead atoms. The second kappa shape index (κ2) is 5.66. The molecule has 0 radical (unpaired) electrons. The number of thiophene rings is 1. The molecule has 19 heavy (non-hydrogen) atoms. The fourth-order valence-corrected chi connectivity index (χ4v) is 3.99. The summed E-state index contributed by atoms with van der Waals surface area (Å²) in [5.74, 6) is 0.831. The van der Waals surface area contributed by atoms with Crippen molar-refractivity contribution >= 4 is 22.9 Å². The lowest BCUT2D eigenvalue weighted by molar-refractivity contribution is 0.504. The summed E-state index contributed by atoms with van der Waals surface area (Å²) in [5.41, 5.74) is 1.14. The maximum absolute atomic E-state index is 6.27. The monoisotopic (exact) mass is 291 g/mol. The Bertz CT molecular complexity index is 559. The van der Waals surface area contributed by atoms with E-state index in [1.54, 1.807) is 0 Å². The van der Waals surface area contributed by atoms with Gasteiger partial charge in [0.2, 0.25) is 0 Å². The summed E-state index contributed by atoms with van der Waals surface area (Å²) in [6, 6.07) is 13.1. The molecule has 0 spiro atoms. The quantitative estimate of drug-likeness (QED) is 0.805. The Morgan fingerprint density at radius 1 is 1.26 bits per heavy atom. The second-order valence-corrected chi connectivity index (χ2v) is 6.58. The molecule has 1 nitrogen and oxygen atoms in total. The molecule has 3 heteroatoms. The molecule has 1 aromatic carbocycles. The highest BCUT2D eigenvalue weighted by Gasteiger charge is 2.32. The van der Waals surface area contributed by atoms with Crippen LogP contribution in [0.25, 0.3) is 10.4 Å². The van der Waals surface area contributed by atoms with Crippen LogP contribution >= 0.6 is 22.9 Å². The normalized spacial score (nSPS) is 16.5. The number of benzene rings is 1. The zero-order valence-electron chi connectivity index (χ0n) is 11.0. The standard InChI is InChI=1S/C16H18ClNS/c1-2-18-16(11-7-8-11)15-10-9-14(19-15)12-5-3-4-6-13(12)17/h3-6,9-11,16,18H,2,7-8H2,1H3. The zero-order valence-corrected chi connectivity index (χ0v) is 12.6. The van der Waals surface area contributed by atoms with E-state index in [0.29, 0.717) is 6.04 Å². The first-order chi connectivity index (χ1) is 9.29. The minimum absolute atomic E-state index is 0.534. The predicted molar refractivity (Wildman–Crippen MR) is 83.9 cm³/mol. The van der Waals surface area contributed by atoms with Gasteiger partial charge in [-0.05, 0) is 43.5 Å². The topological polar surface area (TPSA) is 12.0 Å². The minimum Gasteiger partial charge on any atom is -0.309 e. The first-order valence-electron chi connectivity index (χ1n) is 6.87. The molecule has 1 N–H and O–H groups in total. The summed E-state index contributed by atoms with van der Waals surface area (Å²) in [4.78, 5) is 2.71. The van der Waals surface area contributed by atoms with E-state index in [2.05, 4.69) is 30.4 Å². The van der Waals surface area contributed by atoms with Crippen LogP contribution in [-0.2, 0) is 0 Å². The number of hydrogen-bond acceptors (Lipinski definition) is 2.